The van der Waals surface area contributed by atoms with Crippen LogP contribution in [-0.2, 0) is 0 Å². The monoisotopic (exact) mass is 292 g/mol. The maximum Gasteiger partial charge on any atom is 0.253 e. The molecule has 0 aromatic carbocycles. The van der Waals surface area contributed by atoms with E-state index < -0.39 is 0 Å². The van der Waals surface area contributed by atoms with Gasteiger partial charge in [0, 0.05) is 12.6 Å². The summed E-state index contributed by atoms with van der Waals surface area (Å²) < 4.78 is 0.986. The molecule has 2 N–H and O–H groups in total. The van der Waals surface area contributed by atoms with Crippen molar-refractivity contribution in [2.45, 2.75) is 25.3 Å². The summed E-state index contributed by atoms with van der Waals surface area (Å²) in [6, 6.07) is 1.98. The molecule has 0 radical (unpaired) electrons. The van der Waals surface area contributed by atoms with Gasteiger partial charge in [0.2, 0.25) is 0 Å². The maximum absolute atomic E-state index is 11.8. The lowest BCUT2D eigenvalue weighted by Gasteiger charge is -2.23. The largest absolute Gasteiger partial charge is 0.350 e. The quantitative estimate of drug-likeness (QED) is 0.899. The first kappa shape index (κ1) is 13.1. The molecule has 3 nitrogen and oxygen atoms in total. The van der Waals surface area contributed by atoms with Crippen LogP contribution in [0.15, 0.2) is 6.07 Å². The summed E-state index contributed by atoms with van der Waals surface area (Å²) >= 11 is 12.9. The average molecular weight is 293 g/mol. The maximum atomic E-state index is 11.8. The van der Waals surface area contributed by atoms with Gasteiger partial charge in [-0.15, -0.1) is 11.3 Å². The van der Waals surface area contributed by atoms with E-state index in [2.05, 4.69) is 10.6 Å². The Bertz CT molecular complexity index is 402. The molecule has 1 amide bonds. The van der Waals surface area contributed by atoms with Crippen molar-refractivity contribution in [2.24, 2.45) is 0 Å². The van der Waals surface area contributed by atoms with Gasteiger partial charge >= 0.3 is 0 Å². The van der Waals surface area contributed by atoms with Crippen LogP contribution in [0.5, 0.6) is 0 Å². The Kier molecular flexibility index (Phi) is 4.68. The van der Waals surface area contributed by atoms with Crippen molar-refractivity contribution in [1.29, 1.82) is 0 Å². The third-order valence-corrected chi connectivity index (χ3v) is 4.31. The van der Waals surface area contributed by atoms with Crippen LogP contribution in [0.3, 0.4) is 0 Å². The van der Waals surface area contributed by atoms with Gasteiger partial charge in [-0.25, -0.2) is 0 Å². The van der Waals surface area contributed by atoms with Crippen LogP contribution >= 0.6 is 34.5 Å². The highest BCUT2D eigenvalue weighted by Gasteiger charge is 2.17. The molecule has 1 unspecified atom stereocenters. The second-order valence-corrected chi connectivity index (χ2v) is 6.38. The molecule has 0 aliphatic carbocycles. The molecule has 0 spiro atoms. The zero-order valence-electron chi connectivity index (χ0n) is 9.26. The Morgan fingerprint density at radius 2 is 2.35 bits per heavy atom. The van der Waals surface area contributed by atoms with Gasteiger partial charge in [0.1, 0.15) is 4.34 Å². The summed E-state index contributed by atoms with van der Waals surface area (Å²) in [5, 5.41) is 6.26. The molecule has 1 aromatic heterocycles. The average Bonchev–Trinajstić information content (AvgIpc) is 2.67. The topological polar surface area (TPSA) is 41.1 Å². The van der Waals surface area contributed by atoms with E-state index in [4.69, 9.17) is 23.2 Å². The Hall–Kier alpha value is -0.290. The molecule has 1 atom stereocenters. The lowest BCUT2D eigenvalue weighted by atomic mass is 10.1. The summed E-state index contributed by atoms with van der Waals surface area (Å²) in [7, 11) is 0. The lowest BCUT2D eigenvalue weighted by molar-refractivity contribution is 0.0948. The molecule has 1 fully saturated rings. The van der Waals surface area contributed by atoms with Gasteiger partial charge < -0.3 is 10.6 Å². The van der Waals surface area contributed by atoms with Crippen LogP contribution in [-0.4, -0.2) is 25.0 Å². The number of hydrogen-bond donors (Lipinski definition) is 2. The number of carbonyl (C=O) groups excluding carboxylic acids is 1. The van der Waals surface area contributed by atoms with E-state index in [-0.39, 0.29) is 5.91 Å². The summed E-state index contributed by atoms with van der Waals surface area (Å²) in [5.41, 5.74) is 0.470. The van der Waals surface area contributed by atoms with Gasteiger partial charge in [-0.05, 0) is 25.5 Å². The van der Waals surface area contributed by atoms with Gasteiger partial charge in [-0.1, -0.05) is 29.6 Å². The molecule has 1 aromatic rings. The van der Waals surface area contributed by atoms with Crippen molar-refractivity contribution in [1.82, 2.24) is 10.6 Å². The van der Waals surface area contributed by atoms with E-state index in [1.807, 2.05) is 0 Å². The van der Waals surface area contributed by atoms with E-state index in [1.54, 1.807) is 6.07 Å². The van der Waals surface area contributed by atoms with Crippen LogP contribution in [0.25, 0.3) is 0 Å². The number of carbonyl (C=O) groups is 1. The fourth-order valence-corrected chi connectivity index (χ4v) is 3.36. The molecule has 1 aliphatic rings. The zero-order chi connectivity index (χ0) is 12.3. The number of nitrogens with one attached hydrogen (secondary N) is 2. The second-order valence-electron chi connectivity index (χ2n) is 4.09. The minimum atomic E-state index is -0.148. The molecule has 94 valence electrons. The molecule has 6 heteroatoms. The van der Waals surface area contributed by atoms with Crippen molar-refractivity contribution in [2.75, 3.05) is 13.1 Å². The molecular formula is C11H14Cl2N2OS. The van der Waals surface area contributed by atoms with Crippen LogP contribution in [0, 0.1) is 0 Å². The lowest BCUT2D eigenvalue weighted by Crippen LogP contribution is -2.43. The first-order chi connectivity index (χ1) is 8.16. The highest BCUT2D eigenvalue weighted by molar-refractivity contribution is 7.20. The minimum absolute atomic E-state index is 0.148. The molecule has 0 saturated carbocycles. The third-order valence-electron chi connectivity index (χ3n) is 2.82. The van der Waals surface area contributed by atoms with Crippen LogP contribution in [0.1, 0.15) is 29.6 Å². The Morgan fingerprint density at radius 3 is 2.94 bits per heavy atom. The van der Waals surface area contributed by atoms with Crippen molar-refractivity contribution < 1.29 is 4.79 Å². The van der Waals surface area contributed by atoms with Gasteiger partial charge in [-0.2, -0.15) is 0 Å². The molecular weight excluding hydrogens is 279 g/mol. The van der Waals surface area contributed by atoms with Crippen LogP contribution < -0.4 is 10.6 Å². The van der Waals surface area contributed by atoms with Gasteiger partial charge in [0.15, 0.2) is 0 Å². The van der Waals surface area contributed by atoms with Gasteiger partial charge in [-0.3, -0.25) is 4.79 Å². The zero-order valence-corrected chi connectivity index (χ0v) is 11.6. The van der Waals surface area contributed by atoms with Crippen molar-refractivity contribution in [3.8, 4) is 0 Å². The van der Waals surface area contributed by atoms with Gasteiger partial charge in [0.25, 0.3) is 5.91 Å². The number of thiophene rings is 1. The van der Waals surface area contributed by atoms with Crippen molar-refractivity contribution in [3.05, 3.63) is 20.3 Å². The minimum Gasteiger partial charge on any atom is -0.350 e. The van der Waals surface area contributed by atoms with Crippen molar-refractivity contribution >= 4 is 40.4 Å². The van der Waals surface area contributed by atoms with Crippen molar-refractivity contribution in [3.63, 3.8) is 0 Å². The van der Waals surface area contributed by atoms with E-state index in [1.165, 1.54) is 24.2 Å². The summed E-state index contributed by atoms with van der Waals surface area (Å²) in [6.07, 6.45) is 3.55. The predicted octanol–water partition coefficient (Wildman–Crippen LogP) is 2.93. The molecule has 2 rings (SSSR count). The van der Waals surface area contributed by atoms with Crippen LogP contribution in [0.2, 0.25) is 8.67 Å². The second kappa shape index (κ2) is 6.05. The standard InChI is InChI=1S/C11H14Cl2N2OS/c12-9-5-8(10(13)17-9)11(16)15-6-7-3-1-2-4-14-7/h5,7,14H,1-4,6H2,(H,15,16). The molecule has 1 aliphatic heterocycles. The number of amides is 1. The Balaban J connectivity index is 1.86. The SMILES string of the molecule is O=C(NCC1CCCCN1)c1cc(Cl)sc1Cl. The van der Waals surface area contributed by atoms with E-state index in [0.29, 0.717) is 26.8 Å². The normalized spacial score (nSPS) is 20.2. The molecule has 17 heavy (non-hydrogen) atoms. The van der Waals surface area contributed by atoms with Gasteiger partial charge in [0.05, 0.1) is 9.90 Å². The van der Waals surface area contributed by atoms with E-state index in [0.717, 1.165) is 13.0 Å². The van der Waals surface area contributed by atoms with E-state index >= 15 is 0 Å². The molecule has 2 heterocycles. The van der Waals surface area contributed by atoms with Crippen LogP contribution in [0.4, 0.5) is 0 Å². The smallest absolute Gasteiger partial charge is 0.253 e. The molecule has 1 saturated heterocycles. The molecule has 0 bridgehead atoms. The van der Waals surface area contributed by atoms with E-state index in [9.17, 15) is 4.79 Å². The number of halogens is 2. The summed E-state index contributed by atoms with van der Waals surface area (Å²) in [6.45, 7) is 1.67. The predicted molar refractivity (Wildman–Crippen MR) is 72.3 cm³/mol. The Labute approximate surface area is 114 Å². The summed E-state index contributed by atoms with van der Waals surface area (Å²) in [5.74, 6) is -0.148. The Morgan fingerprint density at radius 1 is 1.53 bits per heavy atom. The third kappa shape index (κ3) is 3.58. The fourth-order valence-electron chi connectivity index (χ4n) is 1.90. The highest BCUT2D eigenvalue weighted by Crippen LogP contribution is 2.30. The highest BCUT2D eigenvalue weighted by atomic mass is 35.5. The number of hydrogen-bond acceptors (Lipinski definition) is 3. The number of piperidine rings is 1. The number of rotatable bonds is 3. The first-order valence-corrected chi connectivity index (χ1v) is 7.20. The first-order valence-electron chi connectivity index (χ1n) is 5.63. The summed E-state index contributed by atoms with van der Waals surface area (Å²) in [4.78, 5) is 11.8. The fraction of sp³-hybridized carbons (Fsp3) is 0.545.